The predicted molar refractivity (Wildman–Crippen MR) is 98.9 cm³/mol. The second kappa shape index (κ2) is 7.27. The van der Waals surface area contributed by atoms with Gasteiger partial charge in [0.2, 0.25) is 0 Å². The first-order valence-electron chi connectivity index (χ1n) is 7.76. The van der Waals surface area contributed by atoms with Gasteiger partial charge in [0.05, 0.1) is 10.6 Å². The molecule has 0 fully saturated rings. The number of alkyl halides is 2. The molecule has 2 amide bonds. The number of aromatic nitrogens is 1. The fourth-order valence-corrected chi connectivity index (χ4v) is 3.70. The number of nitrogens with one attached hydrogen (secondary N) is 1. The molecule has 0 aliphatic heterocycles. The van der Waals surface area contributed by atoms with Gasteiger partial charge in [-0.1, -0.05) is 0 Å². The van der Waals surface area contributed by atoms with Crippen molar-refractivity contribution in [2.45, 2.75) is 13.3 Å². The Morgan fingerprint density at radius 1 is 1.29 bits per heavy atom. The molecule has 0 spiro atoms. The van der Waals surface area contributed by atoms with E-state index in [-0.39, 0.29) is 26.6 Å². The number of carbonyl (C=O) groups excluding carboxylic acids is 2. The van der Waals surface area contributed by atoms with Gasteiger partial charge < -0.3 is 11.1 Å². The number of thiophene rings is 1. The van der Waals surface area contributed by atoms with E-state index in [0.717, 1.165) is 23.5 Å². The fourth-order valence-electron chi connectivity index (χ4n) is 2.63. The Hall–Kier alpha value is -3.47. The van der Waals surface area contributed by atoms with Crippen LogP contribution in [-0.4, -0.2) is 21.7 Å². The summed E-state index contributed by atoms with van der Waals surface area (Å²) in [5, 5.41) is 13.6. The summed E-state index contributed by atoms with van der Waals surface area (Å²) < 4.78 is 26.0. The number of hydrogen-bond donors (Lipinski definition) is 2. The van der Waals surface area contributed by atoms with Crippen molar-refractivity contribution < 1.29 is 23.3 Å². The minimum atomic E-state index is -2.79. The number of fused-ring (bicyclic) bond motifs is 1. The number of nitro benzene ring substituents is 1. The molecule has 3 rings (SSSR count). The molecule has 3 aromatic rings. The molecule has 0 unspecified atom stereocenters. The van der Waals surface area contributed by atoms with Gasteiger partial charge in [-0.3, -0.25) is 19.7 Å². The number of aryl methyl sites for hydroxylation is 1. The smallest absolute Gasteiger partial charge is 0.280 e. The lowest BCUT2D eigenvalue weighted by molar-refractivity contribution is -0.384. The van der Waals surface area contributed by atoms with Crippen molar-refractivity contribution in [3.8, 4) is 0 Å². The van der Waals surface area contributed by atoms with Crippen LogP contribution in [0.5, 0.6) is 0 Å². The minimum absolute atomic E-state index is 0.0349. The number of non-ortho nitro benzene ring substituents is 1. The summed E-state index contributed by atoms with van der Waals surface area (Å²) in [5.41, 5.74) is 5.30. The number of nitrogens with zero attached hydrogens (tertiary/aromatic N) is 2. The third-order valence-electron chi connectivity index (χ3n) is 3.91. The number of nitrogens with two attached hydrogens (primary N) is 1. The van der Waals surface area contributed by atoms with E-state index in [2.05, 4.69) is 10.3 Å². The number of hydrogen-bond acceptors (Lipinski definition) is 6. The van der Waals surface area contributed by atoms with E-state index >= 15 is 0 Å². The van der Waals surface area contributed by atoms with E-state index in [1.165, 1.54) is 18.2 Å². The Morgan fingerprint density at radius 2 is 1.93 bits per heavy atom. The average molecular weight is 406 g/mol. The topological polar surface area (TPSA) is 128 Å². The van der Waals surface area contributed by atoms with Crippen molar-refractivity contribution >= 4 is 44.7 Å². The first-order valence-corrected chi connectivity index (χ1v) is 8.58. The van der Waals surface area contributed by atoms with Crippen molar-refractivity contribution in [3.63, 3.8) is 0 Å². The second-order valence-electron chi connectivity index (χ2n) is 5.77. The molecule has 0 aliphatic rings. The van der Waals surface area contributed by atoms with Crippen LogP contribution in [0.25, 0.3) is 10.2 Å². The molecule has 0 saturated heterocycles. The molecule has 0 saturated carbocycles. The Balaban J connectivity index is 2.06. The van der Waals surface area contributed by atoms with Crippen LogP contribution in [0, 0.1) is 17.0 Å². The molecule has 0 atom stereocenters. The molecular weight excluding hydrogens is 394 g/mol. The van der Waals surface area contributed by atoms with Gasteiger partial charge in [0.25, 0.3) is 23.9 Å². The van der Waals surface area contributed by atoms with Gasteiger partial charge in [0.1, 0.15) is 15.4 Å². The highest BCUT2D eigenvalue weighted by molar-refractivity contribution is 7.21. The van der Waals surface area contributed by atoms with Gasteiger partial charge in [0.15, 0.2) is 0 Å². The molecule has 1 aromatic carbocycles. The van der Waals surface area contributed by atoms with E-state index in [4.69, 9.17) is 5.73 Å². The van der Waals surface area contributed by atoms with Crippen molar-refractivity contribution in [1.82, 2.24) is 4.98 Å². The highest BCUT2D eigenvalue weighted by Gasteiger charge is 2.23. The zero-order chi connectivity index (χ0) is 20.6. The molecule has 2 heterocycles. The Kier molecular flexibility index (Phi) is 5.01. The van der Waals surface area contributed by atoms with E-state index in [1.807, 2.05) is 0 Å². The summed E-state index contributed by atoms with van der Waals surface area (Å²) in [5.74, 6) is -1.49. The van der Waals surface area contributed by atoms with E-state index in [0.29, 0.717) is 10.9 Å². The minimum Gasteiger partial charge on any atom is -0.365 e. The van der Waals surface area contributed by atoms with Crippen LogP contribution in [0.15, 0.2) is 30.3 Å². The maximum Gasteiger partial charge on any atom is 0.280 e. The van der Waals surface area contributed by atoms with Crippen LogP contribution in [0.2, 0.25) is 0 Å². The largest absolute Gasteiger partial charge is 0.365 e. The number of halogens is 2. The SMILES string of the molecule is Cc1cc(C(F)F)nc2sc(C(N)=O)c(NC(=O)c3ccc([N+](=O)[O-])cc3)c12. The fraction of sp³-hybridized carbons (Fsp3) is 0.118. The number of carbonyl (C=O) groups is 2. The van der Waals surface area contributed by atoms with Crippen LogP contribution in [0.1, 0.15) is 37.7 Å². The van der Waals surface area contributed by atoms with Gasteiger partial charge in [-0.2, -0.15) is 0 Å². The molecule has 0 aliphatic carbocycles. The number of benzene rings is 1. The Labute approximate surface area is 160 Å². The normalized spacial score (nSPS) is 11.0. The Morgan fingerprint density at radius 3 is 2.46 bits per heavy atom. The summed E-state index contributed by atoms with van der Waals surface area (Å²) in [6.07, 6.45) is -2.79. The number of anilines is 1. The summed E-state index contributed by atoms with van der Waals surface area (Å²) in [6, 6.07) is 6.01. The average Bonchev–Trinajstić information content (AvgIpc) is 3.00. The van der Waals surface area contributed by atoms with E-state index in [1.54, 1.807) is 6.92 Å². The predicted octanol–water partition coefficient (Wildman–Crippen LogP) is 3.80. The van der Waals surface area contributed by atoms with Gasteiger partial charge in [0, 0.05) is 23.1 Å². The lowest BCUT2D eigenvalue weighted by Gasteiger charge is -2.08. The molecule has 0 radical (unpaired) electrons. The third kappa shape index (κ3) is 3.51. The maximum absolute atomic E-state index is 13.0. The Bertz CT molecular complexity index is 1110. The maximum atomic E-state index is 13.0. The number of primary amides is 1. The molecule has 3 N–H and O–H groups in total. The van der Waals surface area contributed by atoms with Crippen LogP contribution in [0.4, 0.5) is 20.2 Å². The first kappa shape index (κ1) is 19.3. The zero-order valence-electron chi connectivity index (χ0n) is 14.2. The highest BCUT2D eigenvalue weighted by atomic mass is 32.1. The van der Waals surface area contributed by atoms with Gasteiger partial charge >= 0.3 is 0 Å². The van der Waals surface area contributed by atoms with Gasteiger partial charge in [-0.15, -0.1) is 11.3 Å². The van der Waals surface area contributed by atoms with E-state index in [9.17, 15) is 28.5 Å². The summed E-state index contributed by atoms with van der Waals surface area (Å²) in [7, 11) is 0. The van der Waals surface area contributed by atoms with Crippen LogP contribution in [0.3, 0.4) is 0 Å². The molecular formula is C17H12F2N4O4S. The summed E-state index contributed by atoms with van der Waals surface area (Å²) in [6.45, 7) is 1.55. The standard InChI is InChI=1S/C17H12F2N4O4S/c1-7-6-10(14(18)19)21-17-11(7)12(13(28-17)15(20)24)22-16(25)8-2-4-9(5-3-8)23(26)27/h2-6,14H,1H3,(H2,20,24)(H,22,25). The third-order valence-corrected chi connectivity index (χ3v) is 5.00. The van der Waals surface area contributed by atoms with Gasteiger partial charge in [-0.25, -0.2) is 13.8 Å². The summed E-state index contributed by atoms with van der Waals surface area (Å²) in [4.78, 5) is 38.4. The monoisotopic (exact) mass is 406 g/mol. The first-order chi connectivity index (χ1) is 13.2. The van der Waals surface area contributed by atoms with Crippen LogP contribution >= 0.6 is 11.3 Å². The van der Waals surface area contributed by atoms with Crippen molar-refractivity contribution in [1.29, 1.82) is 0 Å². The van der Waals surface area contributed by atoms with Crippen LogP contribution in [-0.2, 0) is 0 Å². The molecule has 11 heteroatoms. The van der Waals surface area contributed by atoms with Crippen molar-refractivity contribution in [3.05, 3.63) is 62.1 Å². The highest BCUT2D eigenvalue weighted by Crippen LogP contribution is 2.38. The lowest BCUT2D eigenvalue weighted by atomic mass is 10.1. The van der Waals surface area contributed by atoms with Crippen LogP contribution < -0.4 is 11.1 Å². The molecule has 2 aromatic heterocycles. The second-order valence-corrected chi connectivity index (χ2v) is 6.77. The van der Waals surface area contributed by atoms with Crippen molar-refractivity contribution in [2.24, 2.45) is 5.73 Å². The zero-order valence-corrected chi connectivity index (χ0v) is 15.0. The molecule has 0 bridgehead atoms. The number of rotatable bonds is 5. The number of nitro groups is 1. The van der Waals surface area contributed by atoms with Gasteiger partial charge in [-0.05, 0) is 30.7 Å². The number of amides is 2. The lowest BCUT2D eigenvalue weighted by Crippen LogP contribution is -2.16. The summed E-state index contributed by atoms with van der Waals surface area (Å²) >= 11 is 0.798. The van der Waals surface area contributed by atoms with Crippen molar-refractivity contribution in [2.75, 3.05) is 5.32 Å². The van der Waals surface area contributed by atoms with E-state index < -0.39 is 28.9 Å². The molecule has 144 valence electrons. The number of pyridine rings is 1. The molecule has 8 nitrogen and oxygen atoms in total. The quantitative estimate of drug-likeness (QED) is 0.492. The molecule has 28 heavy (non-hydrogen) atoms.